The Bertz CT molecular complexity index is 114. The lowest BCUT2D eigenvalue weighted by atomic mass is 9.88. The Kier molecular flexibility index (Phi) is 6.02. The van der Waals surface area contributed by atoms with Gasteiger partial charge in [-0.15, -0.1) is 0 Å². The third-order valence-electron chi connectivity index (χ3n) is 2.93. The fourth-order valence-corrected chi connectivity index (χ4v) is 1.92. The molecule has 0 aliphatic carbocycles. The number of likely N-dealkylation sites (tertiary alicyclic amines) is 1. The molecule has 0 amide bonds. The first-order chi connectivity index (χ1) is 5.24. The maximum atomic E-state index is 2.58. The summed E-state index contributed by atoms with van der Waals surface area (Å²) < 4.78 is 0. The number of rotatable bonds is 2. The molecule has 74 valence electrons. The molecule has 0 saturated carbocycles. The van der Waals surface area contributed by atoms with Crippen molar-refractivity contribution in [2.75, 3.05) is 19.6 Å². The average molecular weight is 189 g/mol. The minimum Gasteiger partial charge on any atom is -0.303 e. The van der Waals surface area contributed by atoms with Crippen LogP contribution < -0.4 is 0 Å². The smallest absolute Gasteiger partial charge is 0.00120 e. The zero-order valence-electron chi connectivity index (χ0n) is 8.64. The third-order valence-corrected chi connectivity index (χ3v) is 2.93. The van der Waals surface area contributed by atoms with Gasteiger partial charge in [-0.3, -0.25) is 0 Å². The largest absolute Gasteiger partial charge is 0.303 e. The van der Waals surface area contributed by atoms with Crippen molar-refractivity contribution in [2.45, 2.75) is 33.6 Å². The topological polar surface area (TPSA) is 3.24 Å². The molecular formula is C10H23NS. The van der Waals surface area contributed by atoms with Crippen LogP contribution in [0.25, 0.3) is 0 Å². The van der Waals surface area contributed by atoms with Crippen LogP contribution in [0.4, 0.5) is 0 Å². The van der Waals surface area contributed by atoms with Gasteiger partial charge in [0.05, 0.1) is 0 Å². The van der Waals surface area contributed by atoms with Gasteiger partial charge in [-0.1, -0.05) is 20.8 Å². The first-order valence-corrected chi connectivity index (χ1v) is 4.96. The van der Waals surface area contributed by atoms with E-state index in [4.69, 9.17) is 0 Å². The Morgan fingerprint density at radius 3 is 2.58 bits per heavy atom. The van der Waals surface area contributed by atoms with Gasteiger partial charge >= 0.3 is 0 Å². The molecule has 1 aliphatic rings. The molecule has 1 nitrogen and oxygen atoms in total. The van der Waals surface area contributed by atoms with Gasteiger partial charge < -0.3 is 4.90 Å². The Morgan fingerprint density at radius 2 is 2.08 bits per heavy atom. The van der Waals surface area contributed by atoms with Crippen LogP contribution in [0.15, 0.2) is 0 Å². The number of hydrogen-bond acceptors (Lipinski definition) is 1. The molecule has 1 saturated heterocycles. The van der Waals surface area contributed by atoms with Crippen molar-refractivity contribution in [3.05, 3.63) is 0 Å². The molecule has 1 unspecified atom stereocenters. The molecular weight excluding hydrogens is 166 g/mol. The maximum Gasteiger partial charge on any atom is 0.00120 e. The van der Waals surface area contributed by atoms with Gasteiger partial charge in [-0.25, -0.2) is 0 Å². The second kappa shape index (κ2) is 5.87. The molecule has 1 atom stereocenters. The highest BCUT2D eigenvalue weighted by atomic mass is 32.1. The van der Waals surface area contributed by atoms with E-state index >= 15 is 0 Å². The highest BCUT2D eigenvalue weighted by Gasteiger charge is 2.20. The van der Waals surface area contributed by atoms with Crippen molar-refractivity contribution in [1.29, 1.82) is 0 Å². The highest BCUT2D eigenvalue weighted by molar-refractivity contribution is 7.59. The number of piperidine rings is 1. The zero-order valence-corrected chi connectivity index (χ0v) is 9.64. The summed E-state index contributed by atoms with van der Waals surface area (Å²) in [6.45, 7) is 10.9. The summed E-state index contributed by atoms with van der Waals surface area (Å²) in [5.74, 6) is 1.84. The SMILES string of the molecule is CCN1CCCC(C(C)C)C1.S. The summed E-state index contributed by atoms with van der Waals surface area (Å²) in [6, 6.07) is 0. The van der Waals surface area contributed by atoms with Crippen LogP contribution in [0.3, 0.4) is 0 Å². The van der Waals surface area contributed by atoms with E-state index in [0.29, 0.717) is 0 Å². The molecule has 0 aromatic rings. The number of hydrogen-bond donors (Lipinski definition) is 0. The third kappa shape index (κ3) is 3.36. The lowest BCUT2D eigenvalue weighted by Gasteiger charge is -2.33. The van der Waals surface area contributed by atoms with Gasteiger partial charge in [0, 0.05) is 6.54 Å². The fourth-order valence-electron chi connectivity index (χ4n) is 1.92. The Hall–Kier alpha value is 0.310. The Morgan fingerprint density at radius 1 is 1.42 bits per heavy atom. The second-order valence-corrected chi connectivity index (χ2v) is 4.04. The minimum atomic E-state index is 0. The molecule has 0 spiro atoms. The van der Waals surface area contributed by atoms with Crippen molar-refractivity contribution in [2.24, 2.45) is 11.8 Å². The molecule has 1 rings (SSSR count). The minimum absolute atomic E-state index is 0. The van der Waals surface area contributed by atoms with Crippen molar-refractivity contribution >= 4 is 13.5 Å². The van der Waals surface area contributed by atoms with Crippen LogP contribution in [0.5, 0.6) is 0 Å². The molecule has 0 N–H and O–H groups in total. The number of nitrogens with zero attached hydrogens (tertiary/aromatic N) is 1. The molecule has 2 heteroatoms. The van der Waals surface area contributed by atoms with E-state index in [2.05, 4.69) is 25.7 Å². The van der Waals surface area contributed by atoms with Crippen molar-refractivity contribution in [1.82, 2.24) is 4.90 Å². The highest BCUT2D eigenvalue weighted by Crippen LogP contribution is 2.22. The van der Waals surface area contributed by atoms with E-state index < -0.39 is 0 Å². The molecule has 0 bridgehead atoms. The summed E-state index contributed by atoms with van der Waals surface area (Å²) in [4.78, 5) is 2.58. The maximum absolute atomic E-state index is 2.58. The van der Waals surface area contributed by atoms with Crippen LogP contribution in [0.2, 0.25) is 0 Å². The predicted molar refractivity (Wildman–Crippen MR) is 60.1 cm³/mol. The lowest BCUT2D eigenvalue weighted by Crippen LogP contribution is -2.37. The van der Waals surface area contributed by atoms with Gasteiger partial charge in [0.2, 0.25) is 0 Å². The summed E-state index contributed by atoms with van der Waals surface area (Å²) >= 11 is 0. The lowest BCUT2D eigenvalue weighted by molar-refractivity contribution is 0.152. The van der Waals surface area contributed by atoms with E-state index in [9.17, 15) is 0 Å². The van der Waals surface area contributed by atoms with Crippen LogP contribution in [-0.2, 0) is 0 Å². The molecule has 1 heterocycles. The predicted octanol–water partition coefficient (Wildman–Crippen LogP) is 2.49. The molecule has 0 aromatic carbocycles. The Labute approximate surface area is 84.0 Å². The molecule has 0 radical (unpaired) electrons. The summed E-state index contributed by atoms with van der Waals surface area (Å²) in [7, 11) is 0. The monoisotopic (exact) mass is 189 g/mol. The molecule has 1 fully saturated rings. The van der Waals surface area contributed by atoms with Crippen molar-refractivity contribution < 1.29 is 0 Å². The van der Waals surface area contributed by atoms with Gasteiger partial charge in [0.25, 0.3) is 0 Å². The standard InChI is InChI=1S/C10H21N.H2S/c1-4-11-7-5-6-10(8-11)9(2)3;/h9-10H,4-8H2,1-3H3;1H2. The van der Waals surface area contributed by atoms with Crippen molar-refractivity contribution in [3.8, 4) is 0 Å². The zero-order chi connectivity index (χ0) is 8.27. The average Bonchev–Trinajstić information content (AvgIpc) is 2.05. The van der Waals surface area contributed by atoms with Crippen LogP contribution in [0.1, 0.15) is 33.6 Å². The second-order valence-electron chi connectivity index (χ2n) is 4.04. The van der Waals surface area contributed by atoms with Crippen LogP contribution >= 0.6 is 13.5 Å². The van der Waals surface area contributed by atoms with E-state index in [0.717, 1.165) is 11.8 Å². The molecule has 12 heavy (non-hydrogen) atoms. The Balaban J connectivity index is 0.00000121. The molecule has 0 aromatic heterocycles. The first kappa shape index (κ1) is 12.3. The van der Waals surface area contributed by atoms with E-state index in [1.807, 2.05) is 0 Å². The normalized spacial score (nSPS) is 25.5. The van der Waals surface area contributed by atoms with Gasteiger partial charge in [0.1, 0.15) is 0 Å². The van der Waals surface area contributed by atoms with Gasteiger partial charge in [-0.05, 0) is 37.8 Å². The van der Waals surface area contributed by atoms with Crippen LogP contribution in [-0.4, -0.2) is 24.5 Å². The summed E-state index contributed by atoms with van der Waals surface area (Å²) in [5, 5.41) is 0. The first-order valence-electron chi connectivity index (χ1n) is 4.96. The quantitative estimate of drug-likeness (QED) is 0.645. The van der Waals surface area contributed by atoms with E-state index in [-0.39, 0.29) is 13.5 Å². The van der Waals surface area contributed by atoms with E-state index in [1.54, 1.807) is 0 Å². The van der Waals surface area contributed by atoms with E-state index in [1.165, 1.54) is 32.5 Å². The van der Waals surface area contributed by atoms with Gasteiger partial charge in [-0.2, -0.15) is 13.5 Å². The summed E-state index contributed by atoms with van der Waals surface area (Å²) in [5.41, 5.74) is 0. The van der Waals surface area contributed by atoms with Crippen molar-refractivity contribution in [3.63, 3.8) is 0 Å². The van der Waals surface area contributed by atoms with Gasteiger partial charge in [0.15, 0.2) is 0 Å². The summed E-state index contributed by atoms with van der Waals surface area (Å²) in [6.07, 6.45) is 2.87. The fraction of sp³-hybridized carbons (Fsp3) is 1.00. The molecule has 1 aliphatic heterocycles. The van der Waals surface area contributed by atoms with Crippen LogP contribution in [0, 0.1) is 11.8 Å².